The summed E-state index contributed by atoms with van der Waals surface area (Å²) in [4.78, 5) is 4.28. The van der Waals surface area contributed by atoms with E-state index in [0.29, 0.717) is 22.5 Å². The summed E-state index contributed by atoms with van der Waals surface area (Å²) in [7, 11) is 0. The quantitative estimate of drug-likeness (QED) is 0.800. The summed E-state index contributed by atoms with van der Waals surface area (Å²) < 4.78 is 29.9. The minimum Gasteiger partial charge on any atom is -0.328 e. The van der Waals surface area contributed by atoms with Crippen LogP contribution in [0, 0.1) is 24.5 Å². The third-order valence-electron chi connectivity index (χ3n) is 3.43. The van der Waals surface area contributed by atoms with Crippen LogP contribution in [0.4, 0.5) is 8.78 Å². The smallest absolute Gasteiger partial charge is 0.168 e. The van der Waals surface area contributed by atoms with E-state index in [1.54, 1.807) is 6.07 Å². The third-order valence-corrected chi connectivity index (χ3v) is 3.43. The molecule has 6 heteroatoms. The highest BCUT2D eigenvalue weighted by Crippen LogP contribution is 2.28. The molecule has 0 spiro atoms. The molecule has 0 aliphatic rings. The molecule has 0 unspecified atom stereocenters. The number of hydrogen-bond donors (Lipinski definition) is 1. The number of hydrogen-bond acceptors (Lipinski definition) is 2. The molecule has 0 bridgehead atoms. The van der Waals surface area contributed by atoms with E-state index in [1.165, 1.54) is 6.07 Å². The number of aryl methyl sites for hydroxylation is 1. The maximum atomic E-state index is 14.3. The first kappa shape index (κ1) is 13.7. The lowest BCUT2D eigenvalue weighted by Gasteiger charge is -2.10. The summed E-state index contributed by atoms with van der Waals surface area (Å²) in [5.74, 6) is 0.194. The first-order valence-electron chi connectivity index (χ1n) is 6.83. The molecule has 1 aromatic carbocycles. The van der Waals surface area contributed by atoms with Gasteiger partial charge < -0.3 is 4.57 Å². The Balaban J connectivity index is 2.24. The molecule has 2 heterocycles. The number of fused-ring (bicyclic) bond motifs is 1. The maximum absolute atomic E-state index is 14.3. The summed E-state index contributed by atoms with van der Waals surface area (Å²) in [6.45, 7) is 6.75. The fourth-order valence-corrected chi connectivity index (χ4v) is 2.51. The van der Waals surface area contributed by atoms with Crippen LogP contribution in [0.1, 0.15) is 19.7 Å². The van der Waals surface area contributed by atoms with Gasteiger partial charge in [-0.1, -0.05) is 13.8 Å². The van der Waals surface area contributed by atoms with Gasteiger partial charge >= 0.3 is 0 Å². The average molecular weight is 290 g/mol. The molecule has 3 rings (SSSR count). The van der Waals surface area contributed by atoms with Crippen molar-refractivity contribution in [1.82, 2.24) is 19.7 Å². The summed E-state index contributed by atoms with van der Waals surface area (Å²) in [5.41, 5.74) is 1.60. The number of H-pyrrole nitrogens is 1. The third kappa shape index (κ3) is 2.30. The van der Waals surface area contributed by atoms with Gasteiger partial charge in [0, 0.05) is 12.1 Å². The monoisotopic (exact) mass is 290 g/mol. The molecule has 1 N–H and O–H groups in total. The fourth-order valence-electron chi connectivity index (χ4n) is 2.51. The van der Waals surface area contributed by atoms with E-state index in [2.05, 4.69) is 29.0 Å². The van der Waals surface area contributed by atoms with Crippen molar-refractivity contribution >= 4 is 11.0 Å². The van der Waals surface area contributed by atoms with Crippen LogP contribution >= 0.6 is 0 Å². The molecule has 21 heavy (non-hydrogen) atoms. The highest BCUT2D eigenvalue weighted by molar-refractivity contribution is 5.82. The van der Waals surface area contributed by atoms with Crippen LogP contribution in [-0.4, -0.2) is 19.7 Å². The van der Waals surface area contributed by atoms with Crippen LogP contribution in [0.3, 0.4) is 0 Å². The number of aromatic nitrogens is 4. The van der Waals surface area contributed by atoms with Gasteiger partial charge in [0.15, 0.2) is 11.6 Å². The topological polar surface area (TPSA) is 46.5 Å². The van der Waals surface area contributed by atoms with Crippen molar-refractivity contribution < 1.29 is 8.78 Å². The van der Waals surface area contributed by atoms with E-state index in [-0.39, 0.29) is 5.69 Å². The number of halogens is 2. The predicted molar refractivity (Wildman–Crippen MR) is 76.8 cm³/mol. The Labute approximate surface area is 120 Å². The molecule has 0 aliphatic heterocycles. The highest BCUT2D eigenvalue weighted by Gasteiger charge is 2.16. The molecular weight excluding hydrogens is 274 g/mol. The van der Waals surface area contributed by atoms with Crippen molar-refractivity contribution in [2.45, 2.75) is 27.3 Å². The Bertz CT molecular complexity index is 801. The number of rotatable bonds is 3. The van der Waals surface area contributed by atoms with Gasteiger partial charge in [-0.05, 0) is 25.0 Å². The van der Waals surface area contributed by atoms with E-state index in [1.807, 2.05) is 11.5 Å². The zero-order valence-electron chi connectivity index (χ0n) is 12.1. The number of imidazole rings is 1. The molecular formula is C15H16F2N4. The summed E-state index contributed by atoms with van der Waals surface area (Å²) >= 11 is 0. The molecule has 0 amide bonds. The van der Waals surface area contributed by atoms with Crippen LogP contribution < -0.4 is 0 Å². The second-order valence-corrected chi connectivity index (χ2v) is 5.58. The minimum atomic E-state index is -0.500. The lowest BCUT2D eigenvalue weighted by molar-refractivity contribution is 0.524. The lowest BCUT2D eigenvalue weighted by Crippen LogP contribution is -2.06. The Morgan fingerprint density at radius 3 is 2.62 bits per heavy atom. The fraction of sp³-hybridized carbons (Fsp3) is 0.333. The summed E-state index contributed by atoms with van der Waals surface area (Å²) in [6.07, 6.45) is 1.08. The molecule has 0 saturated carbocycles. The van der Waals surface area contributed by atoms with Gasteiger partial charge in [0.05, 0.1) is 11.7 Å². The van der Waals surface area contributed by atoms with E-state index in [9.17, 15) is 8.78 Å². The van der Waals surface area contributed by atoms with Crippen LogP contribution in [0.2, 0.25) is 0 Å². The average Bonchev–Trinajstić information content (AvgIpc) is 2.95. The molecule has 3 aromatic rings. The SMILES string of the molecule is Cc1nc2c(F)cc(-c3[nH]ncc3F)cc2n1CC(C)C. The van der Waals surface area contributed by atoms with Crippen LogP contribution in [-0.2, 0) is 6.54 Å². The van der Waals surface area contributed by atoms with Crippen LogP contribution in [0.5, 0.6) is 0 Å². The van der Waals surface area contributed by atoms with Crippen molar-refractivity contribution in [3.05, 3.63) is 35.8 Å². The van der Waals surface area contributed by atoms with E-state index in [4.69, 9.17) is 0 Å². The van der Waals surface area contributed by atoms with Crippen molar-refractivity contribution in [1.29, 1.82) is 0 Å². The largest absolute Gasteiger partial charge is 0.328 e. The van der Waals surface area contributed by atoms with Crippen LogP contribution in [0.15, 0.2) is 18.3 Å². The first-order valence-corrected chi connectivity index (χ1v) is 6.83. The second-order valence-electron chi connectivity index (χ2n) is 5.58. The molecule has 4 nitrogen and oxygen atoms in total. The van der Waals surface area contributed by atoms with Crippen molar-refractivity contribution in [3.63, 3.8) is 0 Å². The Morgan fingerprint density at radius 2 is 2.00 bits per heavy atom. The highest BCUT2D eigenvalue weighted by atomic mass is 19.1. The lowest BCUT2D eigenvalue weighted by atomic mass is 10.1. The van der Waals surface area contributed by atoms with Crippen LogP contribution in [0.25, 0.3) is 22.3 Å². The Hall–Kier alpha value is -2.24. The number of benzene rings is 1. The molecule has 0 aliphatic carbocycles. The van der Waals surface area contributed by atoms with E-state index < -0.39 is 11.6 Å². The minimum absolute atomic E-state index is 0.186. The van der Waals surface area contributed by atoms with Gasteiger partial charge in [-0.2, -0.15) is 5.10 Å². The summed E-state index contributed by atoms with van der Waals surface area (Å²) in [6, 6.07) is 3.03. The predicted octanol–water partition coefficient (Wildman–Crippen LogP) is 3.67. The van der Waals surface area contributed by atoms with Gasteiger partial charge in [-0.3, -0.25) is 5.10 Å². The summed E-state index contributed by atoms with van der Waals surface area (Å²) in [5, 5.41) is 6.20. The molecule has 0 radical (unpaired) electrons. The number of nitrogens with one attached hydrogen (secondary N) is 1. The zero-order valence-corrected chi connectivity index (χ0v) is 12.1. The van der Waals surface area contributed by atoms with Crippen molar-refractivity contribution in [2.24, 2.45) is 5.92 Å². The second kappa shape index (κ2) is 4.95. The molecule has 110 valence electrons. The van der Waals surface area contributed by atoms with Gasteiger partial charge in [0.2, 0.25) is 0 Å². The normalized spacial score (nSPS) is 11.7. The van der Waals surface area contributed by atoms with Gasteiger partial charge in [-0.25, -0.2) is 13.8 Å². The molecule has 0 saturated heterocycles. The van der Waals surface area contributed by atoms with Crippen molar-refractivity contribution in [3.8, 4) is 11.3 Å². The van der Waals surface area contributed by atoms with Gasteiger partial charge in [0.25, 0.3) is 0 Å². The van der Waals surface area contributed by atoms with Crippen molar-refractivity contribution in [2.75, 3.05) is 0 Å². The molecule has 0 fully saturated rings. The Morgan fingerprint density at radius 1 is 1.24 bits per heavy atom. The Kier molecular flexibility index (Phi) is 3.23. The van der Waals surface area contributed by atoms with E-state index >= 15 is 0 Å². The number of nitrogens with zero attached hydrogens (tertiary/aromatic N) is 3. The van der Waals surface area contributed by atoms with E-state index in [0.717, 1.165) is 18.6 Å². The molecule has 0 atom stereocenters. The van der Waals surface area contributed by atoms with Gasteiger partial charge in [-0.15, -0.1) is 0 Å². The standard InChI is InChI=1S/C15H16F2N4/c1-8(2)7-21-9(3)19-15-11(16)4-10(5-13(15)21)14-12(17)6-18-20-14/h4-6,8H,7H2,1-3H3,(H,18,20). The maximum Gasteiger partial charge on any atom is 0.168 e. The first-order chi connectivity index (χ1) is 9.97. The zero-order chi connectivity index (χ0) is 15.1. The van der Waals surface area contributed by atoms with Gasteiger partial charge in [0.1, 0.15) is 17.0 Å². The number of aromatic amines is 1. The molecule has 2 aromatic heterocycles.